The lowest BCUT2D eigenvalue weighted by Gasteiger charge is -2.23. The molecule has 0 aliphatic carbocycles. The highest BCUT2D eigenvalue weighted by Gasteiger charge is 2.40. The van der Waals surface area contributed by atoms with E-state index in [1.165, 1.54) is 6.92 Å². The number of esters is 1. The average molecular weight is 317 g/mol. The molecule has 6 heteroatoms. The van der Waals surface area contributed by atoms with Gasteiger partial charge in [-0.25, -0.2) is 0 Å². The lowest BCUT2D eigenvalue weighted by molar-refractivity contribution is -0.156. The van der Waals surface area contributed by atoms with Gasteiger partial charge in [0.2, 0.25) is 0 Å². The molecular weight excluding hydrogens is 298 g/mol. The Morgan fingerprint density at radius 2 is 1.57 bits per heavy atom. The van der Waals surface area contributed by atoms with E-state index < -0.39 is 41.6 Å². The molecule has 1 aliphatic rings. The van der Waals surface area contributed by atoms with E-state index in [9.17, 15) is 19.2 Å². The quantitative estimate of drug-likeness (QED) is 0.482. The average Bonchev–Trinajstić information content (AvgIpc) is 2.68. The van der Waals surface area contributed by atoms with E-state index in [1.54, 1.807) is 45.0 Å². The molecule has 0 bridgehead atoms. The van der Waals surface area contributed by atoms with Crippen LogP contribution in [0.1, 0.15) is 54.8 Å². The lowest BCUT2D eigenvalue weighted by Crippen LogP contribution is -2.43. The van der Waals surface area contributed by atoms with Crippen LogP contribution < -0.4 is 0 Å². The van der Waals surface area contributed by atoms with Crippen molar-refractivity contribution in [3.8, 4) is 0 Å². The Morgan fingerprint density at radius 3 is 2.00 bits per heavy atom. The number of nitrogens with zero attached hydrogens (tertiary/aromatic N) is 1. The minimum absolute atomic E-state index is 0.273. The minimum atomic E-state index is -1.02. The largest absolute Gasteiger partial charge is 0.460 e. The summed E-state index contributed by atoms with van der Waals surface area (Å²) in [5.74, 6) is -2.24. The Morgan fingerprint density at radius 1 is 1.09 bits per heavy atom. The maximum atomic E-state index is 12.3. The Bertz CT molecular complexity index is 651. The van der Waals surface area contributed by atoms with Crippen molar-refractivity contribution >= 4 is 23.6 Å². The van der Waals surface area contributed by atoms with Crippen molar-refractivity contribution in [1.82, 2.24) is 4.90 Å². The molecule has 0 spiro atoms. The number of carbonyl (C=O) groups is 4. The first kappa shape index (κ1) is 16.9. The molecule has 122 valence electrons. The fourth-order valence-electron chi connectivity index (χ4n) is 2.37. The van der Waals surface area contributed by atoms with E-state index in [-0.39, 0.29) is 11.1 Å². The summed E-state index contributed by atoms with van der Waals surface area (Å²) in [5, 5.41) is 0. The second-order valence-corrected chi connectivity index (χ2v) is 6.43. The van der Waals surface area contributed by atoms with Gasteiger partial charge in [0.25, 0.3) is 11.8 Å². The van der Waals surface area contributed by atoms with Crippen molar-refractivity contribution in [2.45, 2.75) is 45.8 Å². The number of imide groups is 1. The molecule has 2 rings (SSSR count). The molecule has 1 aromatic carbocycles. The summed E-state index contributed by atoms with van der Waals surface area (Å²) >= 11 is 0. The van der Waals surface area contributed by atoms with E-state index in [1.807, 2.05) is 0 Å². The summed E-state index contributed by atoms with van der Waals surface area (Å²) in [7, 11) is 0. The highest BCUT2D eigenvalue weighted by atomic mass is 16.6. The molecule has 23 heavy (non-hydrogen) atoms. The predicted molar refractivity (Wildman–Crippen MR) is 81.9 cm³/mol. The summed E-state index contributed by atoms with van der Waals surface area (Å²) < 4.78 is 5.09. The maximum Gasteiger partial charge on any atom is 0.313 e. The summed E-state index contributed by atoms with van der Waals surface area (Å²) in [6, 6.07) is 5.37. The van der Waals surface area contributed by atoms with Crippen molar-refractivity contribution in [1.29, 1.82) is 0 Å². The molecular formula is C17H19NO5. The van der Waals surface area contributed by atoms with Gasteiger partial charge in [0.15, 0.2) is 5.78 Å². The van der Waals surface area contributed by atoms with Crippen LogP contribution in [0.2, 0.25) is 0 Å². The summed E-state index contributed by atoms with van der Waals surface area (Å²) in [6.45, 7) is 6.53. The molecule has 6 nitrogen and oxygen atoms in total. The number of Topliss-reactive ketones (excluding diaryl/α,β-unsaturated/α-hetero) is 1. The highest BCUT2D eigenvalue weighted by molar-refractivity contribution is 6.23. The topological polar surface area (TPSA) is 80.8 Å². The first-order chi connectivity index (χ1) is 10.6. The molecule has 0 unspecified atom stereocenters. The van der Waals surface area contributed by atoms with Gasteiger partial charge in [-0.1, -0.05) is 12.1 Å². The van der Waals surface area contributed by atoms with Crippen molar-refractivity contribution in [2.24, 2.45) is 0 Å². The van der Waals surface area contributed by atoms with Crippen LogP contribution in [0, 0.1) is 0 Å². The zero-order valence-corrected chi connectivity index (χ0v) is 13.6. The summed E-state index contributed by atoms with van der Waals surface area (Å²) in [5.41, 5.74) is -0.153. The molecule has 2 amide bonds. The molecule has 1 aliphatic heterocycles. The number of rotatable bonds is 4. The Kier molecular flexibility index (Phi) is 4.36. The van der Waals surface area contributed by atoms with Gasteiger partial charge in [0, 0.05) is 0 Å². The Labute approximate surface area is 134 Å². The first-order valence-corrected chi connectivity index (χ1v) is 7.33. The van der Waals surface area contributed by atoms with E-state index in [4.69, 9.17) is 4.74 Å². The zero-order valence-electron chi connectivity index (χ0n) is 13.6. The highest BCUT2D eigenvalue weighted by Crippen LogP contribution is 2.25. The molecule has 0 saturated heterocycles. The van der Waals surface area contributed by atoms with Crippen LogP contribution in [-0.4, -0.2) is 40.1 Å². The Balaban J connectivity index is 2.11. The van der Waals surface area contributed by atoms with Crippen LogP contribution in [0.5, 0.6) is 0 Å². The van der Waals surface area contributed by atoms with E-state index in [0.29, 0.717) is 0 Å². The molecule has 0 saturated carbocycles. The molecule has 1 aromatic rings. The van der Waals surface area contributed by atoms with Gasteiger partial charge < -0.3 is 4.74 Å². The number of fused-ring (bicyclic) bond motifs is 1. The molecule has 0 radical (unpaired) electrons. The van der Waals surface area contributed by atoms with Crippen LogP contribution >= 0.6 is 0 Å². The van der Waals surface area contributed by atoms with Gasteiger partial charge in [0.05, 0.1) is 17.2 Å². The molecule has 1 heterocycles. The smallest absolute Gasteiger partial charge is 0.313 e. The fourth-order valence-corrected chi connectivity index (χ4v) is 2.37. The van der Waals surface area contributed by atoms with Crippen molar-refractivity contribution in [3.63, 3.8) is 0 Å². The predicted octanol–water partition coefficient (Wildman–Crippen LogP) is 1.97. The normalized spacial score (nSPS) is 15.4. The first-order valence-electron chi connectivity index (χ1n) is 7.33. The number of hydrogen-bond acceptors (Lipinski definition) is 5. The standard InChI is InChI=1S/C17H19NO5/c1-10(13(19)9-14(20)23-17(2,3)4)18-15(21)11-7-5-6-8-12(11)16(18)22/h5-8,10H,9H2,1-4H3/t10-/m0/s1. The van der Waals surface area contributed by atoms with Gasteiger partial charge in [-0.3, -0.25) is 24.1 Å². The van der Waals surface area contributed by atoms with E-state index in [0.717, 1.165) is 4.90 Å². The van der Waals surface area contributed by atoms with Gasteiger partial charge in [-0.15, -0.1) is 0 Å². The van der Waals surface area contributed by atoms with Crippen LogP contribution in [0.4, 0.5) is 0 Å². The number of ketones is 1. The number of ether oxygens (including phenoxy) is 1. The fraction of sp³-hybridized carbons (Fsp3) is 0.412. The molecule has 1 atom stereocenters. The maximum absolute atomic E-state index is 12.3. The zero-order chi connectivity index (χ0) is 17.4. The minimum Gasteiger partial charge on any atom is -0.460 e. The molecule has 0 fully saturated rings. The SMILES string of the molecule is C[C@@H](C(=O)CC(=O)OC(C)(C)C)N1C(=O)c2ccccc2C1=O. The van der Waals surface area contributed by atoms with Crippen LogP contribution in [0.15, 0.2) is 24.3 Å². The lowest BCUT2D eigenvalue weighted by atomic mass is 10.1. The number of carbonyl (C=O) groups excluding carboxylic acids is 4. The number of hydrogen-bond donors (Lipinski definition) is 0. The van der Waals surface area contributed by atoms with Crippen molar-refractivity contribution in [3.05, 3.63) is 35.4 Å². The molecule has 0 N–H and O–H groups in total. The van der Waals surface area contributed by atoms with Gasteiger partial charge >= 0.3 is 5.97 Å². The van der Waals surface area contributed by atoms with Gasteiger partial charge in [-0.05, 0) is 39.8 Å². The van der Waals surface area contributed by atoms with Crippen LogP contribution in [0.25, 0.3) is 0 Å². The Hall–Kier alpha value is -2.50. The van der Waals surface area contributed by atoms with Crippen LogP contribution in [0.3, 0.4) is 0 Å². The van der Waals surface area contributed by atoms with Crippen molar-refractivity contribution < 1.29 is 23.9 Å². The third kappa shape index (κ3) is 3.47. The number of amides is 2. The number of benzene rings is 1. The third-order valence-electron chi connectivity index (χ3n) is 3.42. The van der Waals surface area contributed by atoms with E-state index >= 15 is 0 Å². The summed E-state index contributed by atoms with van der Waals surface area (Å²) in [6.07, 6.45) is -0.480. The second-order valence-electron chi connectivity index (χ2n) is 6.43. The van der Waals surface area contributed by atoms with Gasteiger partial charge in [0.1, 0.15) is 12.0 Å². The molecule has 0 aromatic heterocycles. The second kappa shape index (κ2) is 5.95. The summed E-state index contributed by atoms with van der Waals surface area (Å²) in [4.78, 5) is 49.5. The third-order valence-corrected chi connectivity index (χ3v) is 3.42. The van der Waals surface area contributed by atoms with Gasteiger partial charge in [-0.2, -0.15) is 0 Å². The monoisotopic (exact) mass is 317 g/mol. The van der Waals surface area contributed by atoms with E-state index in [2.05, 4.69) is 0 Å². The van der Waals surface area contributed by atoms with Crippen LogP contribution in [-0.2, 0) is 14.3 Å². The van der Waals surface area contributed by atoms with Crippen molar-refractivity contribution in [2.75, 3.05) is 0 Å².